The molecule has 0 aliphatic heterocycles. The van der Waals surface area contributed by atoms with Crippen LogP contribution in [-0.2, 0) is 0 Å². The Hall–Kier alpha value is -0.680. The summed E-state index contributed by atoms with van der Waals surface area (Å²) in [5.41, 5.74) is 1.20. The Bertz CT molecular complexity index is 657. The fourth-order valence-corrected chi connectivity index (χ4v) is 3.24. The van der Waals surface area contributed by atoms with Gasteiger partial charge in [-0.1, -0.05) is 69.2 Å². The topological polar surface area (TPSA) is 22.0 Å². The number of alkyl halides is 2. The highest BCUT2D eigenvalue weighted by molar-refractivity contribution is 8.02. The van der Waals surface area contributed by atoms with E-state index in [0.717, 1.165) is 18.0 Å². The molecule has 0 atom stereocenters. The zero-order valence-corrected chi connectivity index (χ0v) is 13.3. The number of carbonyl (C=O) groups excluding carboxylic acids is 1. The van der Waals surface area contributed by atoms with Gasteiger partial charge in [-0.05, 0) is 13.0 Å². The summed E-state index contributed by atoms with van der Waals surface area (Å²) in [6.07, 6.45) is 1.11. The summed E-state index contributed by atoms with van der Waals surface area (Å²) in [6, 6.07) is 6.90. The van der Waals surface area contributed by atoms with Crippen molar-refractivity contribution in [3.63, 3.8) is 0 Å². The van der Waals surface area contributed by atoms with Crippen molar-refractivity contribution in [2.45, 2.75) is 16.1 Å². The second kappa shape index (κ2) is 6.39. The number of halogens is 4. The van der Waals surface area contributed by atoms with Crippen LogP contribution in [0.5, 0.6) is 0 Å². The number of benzene rings is 1. The van der Waals surface area contributed by atoms with E-state index in [1.54, 1.807) is 24.3 Å². The molecule has 0 saturated carbocycles. The Morgan fingerprint density at radius 3 is 2.55 bits per heavy atom. The second-order valence-corrected chi connectivity index (χ2v) is 7.06. The number of hydrogen-bond donors (Lipinski definition) is 0. The first-order valence-corrected chi connectivity index (χ1v) is 7.67. The Morgan fingerprint density at radius 1 is 1.35 bits per heavy atom. The molecule has 0 aliphatic carbocycles. The van der Waals surface area contributed by atoms with Crippen molar-refractivity contribution in [1.29, 1.82) is 0 Å². The van der Waals surface area contributed by atoms with Crippen molar-refractivity contribution >= 4 is 52.3 Å². The van der Waals surface area contributed by atoms with Gasteiger partial charge in [0.25, 0.3) is 0 Å². The molecule has 0 radical (unpaired) electrons. The molecule has 0 amide bonds. The first-order chi connectivity index (χ1) is 9.41. The van der Waals surface area contributed by atoms with Gasteiger partial charge in [0.1, 0.15) is 5.03 Å². The van der Waals surface area contributed by atoms with E-state index in [0.29, 0.717) is 20.9 Å². The van der Waals surface area contributed by atoms with E-state index in [1.165, 1.54) is 6.92 Å². The number of Topliss-reactive ketones (excluding diaryl/α,β-unsaturated/α-hetero) is 1. The Labute approximate surface area is 134 Å². The maximum absolute atomic E-state index is 14.0. The molecule has 0 fully saturated rings. The Morgan fingerprint density at radius 2 is 2.00 bits per heavy atom. The molecule has 1 heterocycles. The minimum atomic E-state index is -0.861. The van der Waals surface area contributed by atoms with Crippen LogP contribution in [0.1, 0.15) is 17.3 Å². The molecule has 1 aromatic heterocycles. The van der Waals surface area contributed by atoms with Crippen LogP contribution in [0.25, 0.3) is 11.1 Å². The first kappa shape index (κ1) is 15.7. The van der Waals surface area contributed by atoms with Crippen molar-refractivity contribution in [3.05, 3.63) is 41.0 Å². The summed E-state index contributed by atoms with van der Waals surface area (Å²) in [5, 5.41) is 0.571. The lowest BCUT2D eigenvalue weighted by Crippen LogP contribution is -1.94. The van der Waals surface area contributed by atoms with Crippen LogP contribution >= 0.6 is 46.6 Å². The van der Waals surface area contributed by atoms with E-state index in [-0.39, 0.29) is 16.4 Å². The highest BCUT2D eigenvalue weighted by Gasteiger charge is 2.23. The third-order valence-electron chi connectivity index (χ3n) is 2.64. The summed E-state index contributed by atoms with van der Waals surface area (Å²) < 4.78 is 13.1. The van der Waals surface area contributed by atoms with Crippen LogP contribution in [-0.4, -0.2) is 14.7 Å². The number of rotatable bonds is 4. The van der Waals surface area contributed by atoms with Crippen LogP contribution < -0.4 is 0 Å². The van der Waals surface area contributed by atoms with Crippen LogP contribution in [0.3, 0.4) is 0 Å². The molecule has 20 heavy (non-hydrogen) atoms. The number of hydrogen-bond acceptors (Lipinski definition) is 2. The summed E-state index contributed by atoms with van der Waals surface area (Å²) >= 11 is 18.4. The van der Waals surface area contributed by atoms with Gasteiger partial charge in [-0.15, -0.1) is 0 Å². The van der Waals surface area contributed by atoms with Crippen molar-refractivity contribution in [2.24, 2.45) is 0 Å². The summed E-state index contributed by atoms with van der Waals surface area (Å²) in [4.78, 5) is 12.0. The van der Waals surface area contributed by atoms with E-state index in [4.69, 9.17) is 34.8 Å². The lowest BCUT2D eigenvalue weighted by Gasteiger charge is -2.09. The molecule has 0 bridgehead atoms. The maximum atomic E-state index is 14.0. The van der Waals surface area contributed by atoms with Gasteiger partial charge in [0.15, 0.2) is 9.95 Å². The third kappa shape index (κ3) is 3.14. The predicted octanol–water partition coefficient (Wildman–Crippen LogP) is 5.60. The Balaban J connectivity index is 2.71. The average molecular weight is 353 g/mol. The standard InChI is InChI=1S/C13H9Cl3FNOS/c1-7(19)9-6-18(17)12(20-13(15)16)11(9)8-4-2-3-5-10(8)14/h2-6,13H,1H3. The highest BCUT2D eigenvalue weighted by atomic mass is 35.5. The monoisotopic (exact) mass is 351 g/mol. The minimum absolute atomic E-state index is 0.151. The molecule has 2 rings (SSSR count). The molecule has 0 spiro atoms. The van der Waals surface area contributed by atoms with Crippen LogP contribution in [0.4, 0.5) is 4.48 Å². The molecule has 1 aromatic carbocycles. The number of carbonyl (C=O) groups is 1. The van der Waals surface area contributed by atoms with Crippen LogP contribution in [0.15, 0.2) is 35.5 Å². The molecular weight excluding hydrogens is 344 g/mol. The third-order valence-corrected chi connectivity index (χ3v) is 4.29. The fourth-order valence-electron chi connectivity index (χ4n) is 1.84. The zero-order valence-electron chi connectivity index (χ0n) is 10.2. The smallest absolute Gasteiger partial charge is 0.162 e. The van der Waals surface area contributed by atoms with Crippen molar-refractivity contribution in [3.8, 4) is 11.1 Å². The lowest BCUT2D eigenvalue weighted by atomic mass is 10.0. The first-order valence-electron chi connectivity index (χ1n) is 5.54. The minimum Gasteiger partial charge on any atom is -0.294 e. The molecule has 106 valence electrons. The Kier molecular flexibility index (Phi) is 5.02. The van der Waals surface area contributed by atoms with E-state index >= 15 is 0 Å². The molecule has 0 N–H and O–H groups in total. The summed E-state index contributed by atoms with van der Waals surface area (Å²) in [7, 11) is 0. The SMILES string of the molecule is CC(=O)c1cn(F)c(SC(Cl)Cl)c1-c1ccccc1Cl. The molecule has 7 heteroatoms. The highest BCUT2D eigenvalue weighted by Crippen LogP contribution is 2.42. The maximum Gasteiger partial charge on any atom is 0.162 e. The van der Waals surface area contributed by atoms with Crippen molar-refractivity contribution in [2.75, 3.05) is 0 Å². The number of aromatic nitrogens is 1. The van der Waals surface area contributed by atoms with E-state index < -0.39 is 4.17 Å². The van der Waals surface area contributed by atoms with Gasteiger partial charge in [0.2, 0.25) is 0 Å². The second-order valence-electron chi connectivity index (χ2n) is 3.95. The largest absolute Gasteiger partial charge is 0.294 e. The summed E-state index contributed by atoms with van der Waals surface area (Å²) in [5.74, 6) is -0.265. The average Bonchev–Trinajstić information content (AvgIpc) is 2.67. The van der Waals surface area contributed by atoms with Gasteiger partial charge in [0.05, 0.1) is 6.20 Å². The molecule has 0 unspecified atom stereocenters. The number of nitrogens with zero attached hydrogens (tertiary/aromatic N) is 1. The van der Waals surface area contributed by atoms with Gasteiger partial charge >= 0.3 is 0 Å². The predicted molar refractivity (Wildman–Crippen MR) is 82.7 cm³/mol. The molecule has 2 nitrogen and oxygen atoms in total. The normalized spacial score (nSPS) is 11.1. The molecule has 0 saturated heterocycles. The molecular formula is C13H9Cl3FNOS. The quantitative estimate of drug-likeness (QED) is 0.406. The van der Waals surface area contributed by atoms with Gasteiger partial charge in [-0.3, -0.25) is 4.79 Å². The van der Waals surface area contributed by atoms with E-state index in [1.807, 2.05) is 0 Å². The van der Waals surface area contributed by atoms with Gasteiger partial charge in [-0.25, -0.2) is 0 Å². The van der Waals surface area contributed by atoms with E-state index in [2.05, 4.69) is 0 Å². The number of ketones is 1. The van der Waals surface area contributed by atoms with Gasteiger partial charge in [-0.2, -0.15) is 4.79 Å². The molecule has 2 aromatic rings. The van der Waals surface area contributed by atoms with E-state index in [9.17, 15) is 9.28 Å². The van der Waals surface area contributed by atoms with Crippen molar-refractivity contribution in [1.82, 2.24) is 4.79 Å². The lowest BCUT2D eigenvalue weighted by molar-refractivity contribution is 0.101. The van der Waals surface area contributed by atoms with Crippen molar-refractivity contribution < 1.29 is 9.28 Å². The summed E-state index contributed by atoms with van der Waals surface area (Å²) in [6.45, 7) is 1.36. The van der Waals surface area contributed by atoms with Crippen LogP contribution in [0.2, 0.25) is 5.02 Å². The molecule has 0 aliphatic rings. The number of thioether (sulfide) groups is 1. The van der Waals surface area contributed by atoms with Gasteiger partial charge in [0, 0.05) is 21.7 Å². The van der Waals surface area contributed by atoms with Gasteiger partial charge < -0.3 is 0 Å². The van der Waals surface area contributed by atoms with Crippen LogP contribution in [0, 0.1) is 0 Å². The zero-order chi connectivity index (χ0) is 14.9. The fraction of sp³-hybridized carbons (Fsp3) is 0.154.